The van der Waals surface area contributed by atoms with Crippen molar-refractivity contribution < 1.29 is 9.53 Å². The Balaban J connectivity index is 2.53. The van der Waals surface area contributed by atoms with Crippen LogP contribution in [0, 0.1) is 5.92 Å². The van der Waals surface area contributed by atoms with E-state index in [1.54, 1.807) is 13.0 Å². The maximum Gasteiger partial charge on any atom is 0.260 e. The number of hydrogen-bond acceptors (Lipinski definition) is 3. The summed E-state index contributed by atoms with van der Waals surface area (Å²) in [5.41, 5.74) is 1.07. The molecule has 1 rings (SSSR count). The quantitative estimate of drug-likeness (QED) is 0.776. The third-order valence-corrected chi connectivity index (χ3v) is 3.37. The van der Waals surface area contributed by atoms with Gasteiger partial charge >= 0.3 is 0 Å². The van der Waals surface area contributed by atoms with E-state index in [-0.39, 0.29) is 5.91 Å². The molecule has 1 amide bonds. The normalized spacial score (nSPS) is 12.3. The fourth-order valence-electron chi connectivity index (χ4n) is 1.83. The van der Waals surface area contributed by atoms with E-state index in [1.807, 2.05) is 19.2 Å². The first-order valence-electron chi connectivity index (χ1n) is 7.31. The van der Waals surface area contributed by atoms with Crippen LogP contribution in [0.3, 0.4) is 0 Å². The molecule has 1 atom stereocenters. The van der Waals surface area contributed by atoms with Gasteiger partial charge in [-0.1, -0.05) is 31.5 Å². The molecular formula is C16H25ClN2O2. The molecule has 21 heavy (non-hydrogen) atoms. The van der Waals surface area contributed by atoms with Gasteiger partial charge in [0.25, 0.3) is 5.91 Å². The lowest BCUT2D eigenvalue weighted by Crippen LogP contribution is -2.37. The van der Waals surface area contributed by atoms with Crippen LogP contribution in [0.15, 0.2) is 18.2 Å². The zero-order valence-corrected chi connectivity index (χ0v) is 14.0. The van der Waals surface area contributed by atoms with Gasteiger partial charge in [-0.3, -0.25) is 4.79 Å². The second-order valence-electron chi connectivity index (χ2n) is 5.53. The Morgan fingerprint density at radius 1 is 1.33 bits per heavy atom. The molecule has 5 heteroatoms. The molecule has 0 aliphatic heterocycles. The summed E-state index contributed by atoms with van der Waals surface area (Å²) in [4.78, 5) is 11.9. The lowest BCUT2D eigenvalue weighted by Gasteiger charge is -2.16. The van der Waals surface area contributed by atoms with Gasteiger partial charge in [0, 0.05) is 13.1 Å². The Labute approximate surface area is 132 Å². The van der Waals surface area contributed by atoms with Crippen LogP contribution >= 0.6 is 11.6 Å². The maximum atomic E-state index is 11.9. The van der Waals surface area contributed by atoms with Crippen molar-refractivity contribution in [1.29, 1.82) is 0 Å². The minimum absolute atomic E-state index is 0.119. The average Bonchev–Trinajstić information content (AvgIpc) is 2.41. The fraction of sp³-hybridized carbons (Fsp3) is 0.562. The molecule has 1 unspecified atom stereocenters. The van der Waals surface area contributed by atoms with Crippen LogP contribution in [0.4, 0.5) is 0 Å². The number of carbonyl (C=O) groups is 1. The summed E-state index contributed by atoms with van der Waals surface area (Å²) in [7, 11) is 1.88. The summed E-state index contributed by atoms with van der Waals surface area (Å²) in [6.07, 6.45) is 0.391. The monoisotopic (exact) mass is 312 g/mol. The lowest BCUT2D eigenvalue weighted by atomic mass is 10.1. The summed E-state index contributed by atoms with van der Waals surface area (Å²) in [6, 6.07) is 5.57. The van der Waals surface area contributed by atoms with E-state index in [1.165, 1.54) is 0 Å². The Hall–Kier alpha value is -1.26. The molecule has 0 aliphatic carbocycles. The summed E-state index contributed by atoms with van der Waals surface area (Å²) in [5, 5.41) is 6.44. The number of nitrogens with one attached hydrogen (secondary N) is 2. The molecular weight excluding hydrogens is 288 g/mol. The van der Waals surface area contributed by atoms with Crippen LogP contribution in [0.1, 0.15) is 32.8 Å². The van der Waals surface area contributed by atoms with E-state index in [4.69, 9.17) is 16.3 Å². The van der Waals surface area contributed by atoms with Crippen LogP contribution in [0.5, 0.6) is 5.75 Å². The van der Waals surface area contributed by atoms with Gasteiger partial charge in [0.1, 0.15) is 5.75 Å². The Kier molecular flexibility index (Phi) is 7.54. The smallest absolute Gasteiger partial charge is 0.260 e. The molecule has 0 radical (unpaired) electrons. The number of rotatable bonds is 8. The molecule has 0 heterocycles. The maximum absolute atomic E-state index is 11.9. The average molecular weight is 313 g/mol. The van der Waals surface area contributed by atoms with Gasteiger partial charge in [-0.05, 0) is 44.0 Å². The van der Waals surface area contributed by atoms with Crippen molar-refractivity contribution in [3.63, 3.8) is 0 Å². The zero-order chi connectivity index (χ0) is 15.8. The summed E-state index contributed by atoms with van der Waals surface area (Å²) < 4.78 is 5.63. The highest BCUT2D eigenvalue weighted by molar-refractivity contribution is 6.32. The molecule has 118 valence electrons. The predicted octanol–water partition coefficient (Wildman–Crippen LogP) is 2.99. The molecule has 1 aromatic carbocycles. The zero-order valence-electron chi connectivity index (χ0n) is 13.2. The van der Waals surface area contributed by atoms with Crippen molar-refractivity contribution in [3.05, 3.63) is 28.8 Å². The largest absolute Gasteiger partial charge is 0.479 e. The van der Waals surface area contributed by atoms with Crippen LogP contribution in [-0.4, -0.2) is 25.6 Å². The van der Waals surface area contributed by atoms with Gasteiger partial charge in [-0.25, -0.2) is 0 Å². The molecule has 0 aliphatic rings. The summed E-state index contributed by atoms with van der Waals surface area (Å²) in [6.45, 7) is 7.38. The molecule has 1 aromatic rings. The number of halogens is 1. The van der Waals surface area contributed by atoms with Crippen molar-refractivity contribution in [2.24, 2.45) is 5.92 Å². The van der Waals surface area contributed by atoms with Gasteiger partial charge in [-0.2, -0.15) is 0 Å². The van der Waals surface area contributed by atoms with E-state index in [0.29, 0.717) is 23.2 Å². The second-order valence-corrected chi connectivity index (χ2v) is 5.94. The highest BCUT2D eigenvalue weighted by atomic mass is 35.5. The van der Waals surface area contributed by atoms with E-state index in [2.05, 4.69) is 24.5 Å². The van der Waals surface area contributed by atoms with Crippen LogP contribution in [0.25, 0.3) is 0 Å². The minimum Gasteiger partial charge on any atom is -0.479 e. The first kappa shape index (κ1) is 17.8. The van der Waals surface area contributed by atoms with E-state index < -0.39 is 6.10 Å². The predicted molar refractivity (Wildman–Crippen MR) is 86.8 cm³/mol. The summed E-state index contributed by atoms with van der Waals surface area (Å²) >= 11 is 6.18. The highest BCUT2D eigenvalue weighted by Gasteiger charge is 2.15. The highest BCUT2D eigenvalue weighted by Crippen LogP contribution is 2.26. The first-order chi connectivity index (χ1) is 9.93. The molecule has 0 bridgehead atoms. The first-order valence-corrected chi connectivity index (χ1v) is 7.69. The molecule has 0 spiro atoms. The second kappa shape index (κ2) is 8.90. The van der Waals surface area contributed by atoms with Crippen molar-refractivity contribution >= 4 is 17.5 Å². The molecule has 2 N–H and O–H groups in total. The standard InChI is InChI=1S/C16H25ClN2O2/c1-11(2)7-8-19-16(20)12(3)21-15-6-5-13(10-18-4)9-14(15)17/h5-6,9,11-12,18H,7-8,10H2,1-4H3,(H,19,20). The van der Waals surface area contributed by atoms with Gasteiger partial charge in [0.15, 0.2) is 6.10 Å². The number of carbonyl (C=O) groups excluding carboxylic acids is 1. The molecule has 0 saturated carbocycles. The van der Waals surface area contributed by atoms with E-state index in [9.17, 15) is 4.79 Å². The lowest BCUT2D eigenvalue weighted by molar-refractivity contribution is -0.127. The fourth-order valence-corrected chi connectivity index (χ4v) is 2.07. The van der Waals surface area contributed by atoms with Gasteiger partial charge in [-0.15, -0.1) is 0 Å². The van der Waals surface area contributed by atoms with Crippen molar-refractivity contribution in [1.82, 2.24) is 10.6 Å². The van der Waals surface area contributed by atoms with Gasteiger partial charge in [0.2, 0.25) is 0 Å². The van der Waals surface area contributed by atoms with Gasteiger partial charge < -0.3 is 15.4 Å². The Morgan fingerprint density at radius 3 is 2.62 bits per heavy atom. The molecule has 0 aromatic heterocycles. The number of hydrogen-bond donors (Lipinski definition) is 2. The summed E-state index contributed by atoms with van der Waals surface area (Å²) in [5.74, 6) is 0.977. The van der Waals surface area contributed by atoms with Crippen LogP contribution in [0.2, 0.25) is 5.02 Å². The number of amides is 1. The number of benzene rings is 1. The number of ether oxygens (including phenoxy) is 1. The van der Waals surface area contributed by atoms with Crippen LogP contribution < -0.4 is 15.4 Å². The van der Waals surface area contributed by atoms with Crippen molar-refractivity contribution in [3.8, 4) is 5.75 Å². The van der Waals surface area contributed by atoms with Crippen molar-refractivity contribution in [2.45, 2.75) is 39.8 Å². The third-order valence-electron chi connectivity index (χ3n) is 3.07. The van der Waals surface area contributed by atoms with E-state index in [0.717, 1.165) is 18.5 Å². The Morgan fingerprint density at radius 2 is 2.05 bits per heavy atom. The van der Waals surface area contributed by atoms with Gasteiger partial charge in [0.05, 0.1) is 5.02 Å². The van der Waals surface area contributed by atoms with Crippen molar-refractivity contribution in [2.75, 3.05) is 13.6 Å². The SMILES string of the molecule is CNCc1ccc(OC(C)C(=O)NCCC(C)C)c(Cl)c1. The molecule has 0 saturated heterocycles. The minimum atomic E-state index is -0.565. The van der Waals surface area contributed by atoms with Crippen LogP contribution in [-0.2, 0) is 11.3 Å². The topological polar surface area (TPSA) is 50.4 Å². The molecule has 0 fully saturated rings. The Bertz CT molecular complexity index is 464. The third kappa shape index (κ3) is 6.36. The van der Waals surface area contributed by atoms with E-state index >= 15 is 0 Å². The molecule has 4 nitrogen and oxygen atoms in total.